The predicted octanol–water partition coefficient (Wildman–Crippen LogP) is 3.87. The van der Waals surface area contributed by atoms with Crippen molar-refractivity contribution in [3.05, 3.63) is 47.1 Å². The zero-order valence-corrected chi connectivity index (χ0v) is 13.6. The lowest BCUT2D eigenvalue weighted by molar-refractivity contribution is -0.147. The minimum Gasteiger partial charge on any atom is -0.460 e. The van der Waals surface area contributed by atoms with Crippen molar-refractivity contribution >= 4 is 12.8 Å². The summed E-state index contributed by atoms with van der Waals surface area (Å²) in [5.41, 5.74) is -2.03. The lowest BCUT2D eigenvalue weighted by Crippen LogP contribution is -2.14. The van der Waals surface area contributed by atoms with Crippen molar-refractivity contribution in [1.82, 2.24) is 0 Å². The maximum absolute atomic E-state index is 13.7. The topological polar surface area (TPSA) is 43.4 Å². The largest absolute Gasteiger partial charge is 0.460 e. The molecule has 0 bridgehead atoms. The van der Waals surface area contributed by atoms with E-state index in [1.165, 1.54) is 0 Å². The number of esters is 1. The molecule has 0 heterocycles. The highest BCUT2D eigenvalue weighted by Crippen LogP contribution is 2.59. The van der Waals surface area contributed by atoms with Gasteiger partial charge in [-0.1, -0.05) is 19.9 Å². The van der Waals surface area contributed by atoms with Crippen LogP contribution in [0.2, 0.25) is 0 Å². The van der Waals surface area contributed by atoms with E-state index < -0.39 is 52.9 Å². The highest BCUT2D eigenvalue weighted by Gasteiger charge is 2.61. The lowest BCUT2D eigenvalue weighted by atomic mass is 10.1. The highest BCUT2D eigenvalue weighted by atomic mass is 19.2. The Bertz CT molecular complexity index is 641. The quantitative estimate of drug-likeness (QED) is 0.360. The molecule has 0 radical (unpaired) electrons. The number of hydrogen-bond donors (Lipinski definition) is 0. The Morgan fingerprint density at radius 2 is 1.58 bits per heavy atom. The molecule has 1 aromatic rings. The first kappa shape index (κ1) is 19.9. The summed E-state index contributed by atoms with van der Waals surface area (Å²) in [6, 6.07) is 0. The smallest absolute Gasteiger partial charge is 0.310 e. The van der Waals surface area contributed by atoms with Crippen LogP contribution >= 0.6 is 0 Å². The molecule has 7 heteroatoms. The third-order valence-electron chi connectivity index (χ3n) is 4.35. The molecule has 2 atom stereocenters. The summed E-state index contributed by atoms with van der Waals surface area (Å²) < 4.78 is 59.0. The summed E-state index contributed by atoms with van der Waals surface area (Å²) in [6.45, 7) is 9.33. The van der Waals surface area contributed by atoms with Crippen LogP contribution in [0.15, 0.2) is 12.7 Å². The number of carbonyl (C=O) groups excluding carboxylic acids is 2. The summed E-state index contributed by atoms with van der Waals surface area (Å²) in [5.74, 6) is -7.30. The van der Waals surface area contributed by atoms with Crippen LogP contribution in [0.3, 0.4) is 0 Å². The van der Waals surface area contributed by atoms with Gasteiger partial charge in [0.2, 0.25) is 0 Å². The van der Waals surface area contributed by atoms with Crippen molar-refractivity contribution in [2.24, 2.45) is 17.3 Å². The molecule has 2 unspecified atom stereocenters. The lowest BCUT2D eigenvalue weighted by Gasteiger charge is -2.10. The summed E-state index contributed by atoms with van der Waals surface area (Å²) in [4.78, 5) is 19.9. The van der Waals surface area contributed by atoms with Crippen molar-refractivity contribution in [3.63, 3.8) is 0 Å². The molecule has 1 fully saturated rings. The highest BCUT2D eigenvalue weighted by molar-refractivity contribution is 5.78. The second-order valence-corrected chi connectivity index (χ2v) is 6.03. The molecule has 3 nitrogen and oxygen atoms in total. The number of halogens is 4. The van der Waals surface area contributed by atoms with Crippen LogP contribution in [0, 0.1) is 47.4 Å². The van der Waals surface area contributed by atoms with Gasteiger partial charge in [0.15, 0.2) is 23.3 Å². The molecule has 0 N–H and O–H groups in total. The number of allylic oxidation sites excluding steroid dienone is 1. The molecule has 0 spiro atoms. The Kier molecular flexibility index (Phi) is 5.92. The van der Waals surface area contributed by atoms with Gasteiger partial charge in [0.25, 0.3) is 0 Å². The summed E-state index contributed by atoms with van der Waals surface area (Å²) in [7, 11) is 0. The van der Waals surface area contributed by atoms with Gasteiger partial charge in [0.05, 0.1) is 11.5 Å². The molecule has 1 aliphatic carbocycles. The monoisotopic (exact) mass is 346 g/mol. The van der Waals surface area contributed by atoms with Crippen LogP contribution in [0.5, 0.6) is 0 Å². The number of rotatable bonds is 4. The van der Waals surface area contributed by atoms with Crippen LogP contribution in [0.1, 0.15) is 25.0 Å². The van der Waals surface area contributed by atoms with E-state index in [-0.39, 0.29) is 11.3 Å². The molecule has 0 saturated heterocycles. The Hall–Kier alpha value is -2.18. The van der Waals surface area contributed by atoms with E-state index in [2.05, 4.69) is 6.58 Å². The molecular weight excluding hydrogens is 328 g/mol. The fourth-order valence-electron chi connectivity index (χ4n) is 2.71. The molecule has 1 aliphatic rings. The van der Waals surface area contributed by atoms with E-state index >= 15 is 0 Å². The van der Waals surface area contributed by atoms with Gasteiger partial charge >= 0.3 is 5.97 Å². The van der Waals surface area contributed by atoms with Crippen LogP contribution in [-0.2, 0) is 20.9 Å². The molecular formula is C17H18F4O3. The molecule has 1 saturated carbocycles. The van der Waals surface area contributed by atoms with E-state index in [4.69, 9.17) is 9.53 Å². The van der Waals surface area contributed by atoms with E-state index in [9.17, 15) is 22.4 Å². The third-order valence-corrected chi connectivity index (χ3v) is 4.35. The van der Waals surface area contributed by atoms with Crippen molar-refractivity contribution < 1.29 is 31.9 Å². The second-order valence-electron chi connectivity index (χ2n) is 6.03. The van der Waals surface area contributed by atoms with Crippen molar-refractivity contribution in [2.45, 2.75) is 27.4 Å². The first-order chi connectivity index (χ1) is 11.1. The van der Waals surface area contributed by atoms with Gasteiger partial charge in [-0.2, -0.15) is 0 Å². The van der Waals surface area contributed by atoms with Gasteiger partial charge in [-0.3, -0.25) is 4.79 Å². The average molecular weight is 346 g/mol. The maximum atomic E-state index is 13.7. The average Bonchev–Trinajstić information content (AvgIpc) is 3.13. The molecule has 0 aromatic heterocycles. The zero-order chi connectivity index (χ0) is 18.8. The van der Waals surface area contributed by atoms with Gasteiger partial charge in [-0.15, -0.1) is 6.58 Å². The number of hydrogen-bond acceptors (Lipinski definition) is 3. The second kappa shape index (κ2) is 7.15. The van der Waals surface area contributed by atoms with Gasteiger partial charge in [-0.25, -0.2) is 17.6 Å². The van der Waals surface area contributed by atoms with E-state index in [0.717, 1.165) is 6.92 Å². The molecule has 1 aromatic carbocycles. The molecule has 2 rings (SSSR count). The van der Waals surface area contributed by atoms with Crippen molar-refractivity contribution in [2.75, 3.05) is 0 Å². The van der Waals surface area contributed by atoms with Gasteiger partial charge < -0.3 is 9.53 Å². The fourth-order valence-corrected chi connectivity index (χ4v) is 2.71. The van der Waals surface area contributed by atoms with E-state index in [0.29, 0.717) is 0 Å². The number of benzene rings is 1. The van der Waals surface area contributed by atoms with Gasteiger partial charge in [0.1, 0.15) is 13.4 Å². The maximum Gasteiger partial charge on any atom is 0.310 e. The Morgan fingerprint density at radius 3 is 1.96 bits per heavy atom. The standard InChI is InChI=1S/C16H16F4O2.CH2O/c1-5-9-10(16(9,3)4)15(21)22-6-8-13(19)11(17)7(2)12(18)14(8)20;1-2/h5,9-10H,1,6H2,2-4H3;1H2. The van der Waals surface area contributed by atoms with E-state index in [1.807, 2.05) is 20.6 Å². The summed E-state index contributed by atoms with van der Waals surface area (Å²) in [5, 5.41) is 0. The predicted molar refractivity (Wildman–Crippen MR) is 78.9 cm³/mol. The molecule has 0 amide bonds. The van der Waals surface area contributed by atoms with Crippen LogP contribution in [0.25, 0.3) is 0 Å². The zero-order valence-electron chi connectivity index (χ0n) is 13.6. The number of ether oxygens (including phenoxy) is 1. The van der Waals surface area contributed by atoms with Crippen LogP contribution in [-0.4, -0.2) is 12.8 Å². The summed E-state index contributed by atoms with van der Waals surface area (Å²) >= 11 is 0. The van der Waals surface area contributed by atoms with Crippen molar-refractivity contribution in [3.8, 4) is 0 Å². The summed E-state index contributed by atoms with van der Waals surface area (Å²) in [6.07, 6.45) is 1.61. The molecule has 132 valence electrons. The van der Waals surface area contributed by atoms with Crippen LogP contribution < -0.4 is 0 Å². The molecule has 0 aliphatic heterocycles. The minimum absolute atomic E-state index is 0.0961. The normalized spacial score (nSPS) is 20.6. The first-order valence-corrected chi connectivity index (χ1v) is 7.04. The molecule has 24 heavy (non-hydrogen) atoms. The Labute approximate surface area is 137 Å². The Morgan fingerprint density at radius 1 is 1.12 bits per heavy atom. The fraction of sp³-hybridized carbons (Fsp3) is 0.412. The number of carbonyl (C=O) groups is 2. The third kappa shape index (κ3) is 3.20. The van der Waals surface area contributed by atoms with Gasteiger partial charge in [0, 0.05) is 5.56 Å². The minimum atomic E-state index is -1.54. The van der Waals surface area contributed by atoms with E-state index in [1.54, 1.807) is 6.08 Å². The van der Waals surface area contributed by atoms with Crippen molar-refractivity contribution in [1.29, 1.82) is 0 Å². The first-order valence-electron chi connectivity index (χ1n) is 7.04. The van der Waals surface area contributed by atoms with Gasteiger partial charge in [-0.05, 0) is 18.3 Å². The Balaban J connectivity index is 0.00000139. The van der Waals surface area contributed by atoms with Crippen LogP contribution in [0.4, 0.5) is 17.6 Å². The SMILES string of the molecule is C=CC1C(C(=O)OCc2c(F)c(F)c(C)c(F)c2F)C1(C)C.C=O.